The van der Waals surface area contributed by atoms with E-state index in [2.05, 4.69) is 60.6 Å². The number of aromatic nitrogens is 3. The fourth-order valence-electron chi connectivity index (χ4n) is 2.44. The molecule has 7 heteroatoms. The van der Waals surface area contributed by atoms with Crippen molar-refractivity contribution in [3.05, 3.63) is 59.0 Å². The van der Waals surface area contributed by atoms with Crippen LogP contribution in [0.4, 0.5) is 28.8 Å². The second-order valence-electron chi connectivity index (χ2n) is 5.90. The van der Waals surface area contributed by atoms with Crippen molar-refractivity contribution < 1.29 is 0 Å². The summed E-state index contributed by atoms with van der Waals surface area (Å²) in [5.41, 5.74) is 8.92. The number of anilines is 5. The molecular weight excluding hydrogens is 392 g/mol. The molecule has 0 spiro atoms. The van der Waals surface area contributed by atoms with E-state index in [0.29, 0.717) is 23.1 Å². The van der Waals surface area contributed by atoms with Gasteiger partial charge in [0.1, 0.15) is 17.8 Å². The molecule has 26 heavy (non-hydrogen) atoms. The van der Waals surface area contributed by atoms with E-state index in [-0.39, 0.29) is 0 Å². The molecule has 0 aliphatic rings. The molecule has 1 aromatic carbocycles. The van der Waals surface area contributed by atoms with Gasteiger partial charge in [0.2, 0.25) is 0 Å². The second-order valence-corrected chi connectivity index (χ2v) is 6.81. The molecule has 0 fully saturated rings. The van der Waals surface area contributed by atoms with Crippen molar-refractivity contribution in [2.45, 2.75) is 26.2 Å². The molecule has 3 rings (SSSR count). The van der Waals surface area contributed by atoms with Crippen LogP contribution in [0.5, 0.6) is 0 Å². The smallest absolute Gasteiger partial charge is 0.160 e. The monoisotopic (exact) mass is 412 g/mol. The first kappa shape index (κ1) is 18.1. The van der Waals surface area contributed by atoms with Crippen molar-refractivity contribution in [2.24, 2.45) is 0 Å². The van der Waals surface area contributed by atoms with Gasteiger partial charge >= 0.3 is 0 Å². The summed E-state index contributed by atoms with van der Waals surface area (Å²) in [6.07, 6.45) is 6.67. The fraction of sp³-hybridized carbons (Fsp3) is 0.211. The minimum atomic E-state index is 0.437. The molecular formula is C19H21BrN6. The molecule has 4 N–H and O–H groups in total. The van der Waals surface area contributed by atoms with Crippen molar-refractivity contribution in [3.63, 3.8) is 0 Å². The molecule has 0 saturated heterocycles. The van der Waals surface area contributed by atoms with Crippen LogP contribution in [0.15, 0.2) is 53.4 Å². The van der Waals surface area contributed by atoms with Gasteiger partial charge in [-0.15, -0.1) is 0 Å². The number of nitrogens with zero attached hydrogens (tertiary/aromatic N) is 3. The largest absolute Gasteiger partial charge is 0.393 e. The van der Waals surface area contributed by atoms with E-state index < -0.39 is 0 Å². The number of pyridine rings is 1. The summed E-state index contributed by atoms with van der Waals surface area (Å²) >= 11 is 3.36. The van der Waals surface area contributed by atoms with Crippen molar-refractivity contribution in [3.8, 4) is 0 Å². The molecule has 0 unspecified atom stereocenters. The lowest BCUT2D eigenvalue weighted by atomic mass is 10.1. The zero-order chi connectivity index (χ0) is 18.4. The van der Waals surface area contributed by atoms with E-state index in [9.17, 15) is 0 Å². The number of benzene rings is 1. The predicted octanol–water partition coefficient (Wildman–Crippen LogP) is 5.05. The molecule has 3 aromatic rings. The number of nitrogens with two attached hydrogens (primary N) is 1. The van der Waals surface area contributed by atoms with E-state index in [1.54, 1.807) is 6.20 Å². The van der Waals surface area contributed by atoms with Crippen LogP contribution in [0, 0.1) is 0 Å². The number of unbranched alkanes of at least 4 members (excludes halogenated alkanes) is 1. The van der Waals surface area contributed by atoms with Crippen LogP contribution in [0.1, 0.15) is 25.3 Å². The van der Waals surface area contributed by atoms with Crippen molar-refractivity contribution in [1.29, 1.82) is 0 Å². The third kappa shape index (κ3) is 4.70. The van der Waals surface area contributed by atoms with E-state index in [1.807, 2.05) is 24.3 Å². The molecule has 2 heterocycles. The highest BCUT2D eigenvalue weighted by Gasteiger charge is 2.09. The van der Waals surface area contributed by atoms with Gasteiger partial charge in [-0.05, 0) is 58.6 Å². The summed E-state index contributed by atoms with van der Waals surface area (Å²) in [6.45, 7) is 2.20. The summed E-state index contributed by atoms with van der Waals surface area (Å²) in [5.74, 6) is 1.72. The first-order chi connectivity index (χ1) is 12.7. The number of nitrogens with one attached hydrogen (secondary N) is 2. The standard InChI is InChI=1S/C19H21BrN6/c1-2-3-4-13-5-8-15(9-6-13)25-18-17(21)19(24-12-23-18)26-16-10-7-14(20)11-22-16/h5-12H,2-4,21H2,1H3,(H2,22,23,24,25,26). The molecule has 0 amide bonds. The molecule has 0 saturated carbocycles. The lowest BCUT2D eigenvalue weighted by Gasteiger charge is -2.12. The third-order valence-corrected chi connectivity index (χ3v) is 4.36. The highest BCUT2D eigenvalue weighted by molar-refractivity contribution is 9.10. The fourth-order valence-corrected chi connectivity index (χ4v) is 2.67. The van der Waals surface area contributed by atoms with Crippen LogP contribution in [-0.2, 0) is 6.42 Å². The van der Waals surface area contributed by atoms with Crippen LogP contribution >= 0.6 is 15.9 Å². The minimum absolute atomic E-state index is 0.437. The maximum atomic E-state index is 6.22. The quantitative estimate of drug-likeness (QED) is 0.503. The number of hydrogen-bond donors (Lipinski definition) is 3. The topological polar surface area (TPSA) is 88.8 Å². The van der Waals surface area contributed by atoms with E-state index in [4.69, 9.17) is 5.73 Å². The van der Waals surface area contributed by atoms with E-state index >= 15 is 0 Å². The molecule has 0 aliphatic heterocycles. The number of nitrogen functional groups attached to an aromatic ring is 1. The zero-order valence-corrected chi connectivity index (χ0v) is 16.1. The van der Waals surface area contributed by atoms with Crippen LogP contribution in [0.25, 0.3) is 0 Å². The highest BCUT2D eigenvalue weighted by Crippen LogP contribution is 2.28. The van der Waals surface area contributed by atoms with Gasteiger partial charge in [-0.1, -0.05) is 25.5 Å². The second kappa shape index (κ2) is 8.62. The Morgan fingerprint density at radius 1 is 0.962 bits per heavy atom. The number of aryl methyl sites for hydroxylation is 1. The Bertz CT molecular complexity index is 849. The van der Waals surface area contributed by atoms with Crippen molar-refractivity contribution >= 4 is 44.8 Å². The molecule has 0 bridgehead atoms. The average molecular weight is 413 g/mol. The number of hydrogen-bond acceptors (Lipinski definition) is 6. The van der Waals surface area contributed by atoms with Crippen molar-refractivity contribution in [2.75, 3.05) is 16.4 Å². The van der Waals surface area contributed by atoms with Crippen LogP contribution in [0.2, 0.25) is 0 Å². The Morgan fingerprint density at radius 2 is 1.69 bits per heavy atom. The maximum absolute atomic E-state index is 6.22. The first-order valence-corrected chi connectivity index (χ1v) is 9.30. The van der Waals surface area contributed by atoms with Crippen molar-refractivity contribution in [1.82, 2.24) is 15.0 Å². The van der Waals surface area contributed by atoms with Gasteiger partial charge in [0, 0.05) is 16.4 Å². The number of rotatable bonds is 7. The lowest BCUT2D eigenvalue weighted by Crippen LogP contribution is -2.05. The summed E-state index contributed by atoms with van der Waals surface area (Å²) in [4.78, 5) is 12.7. The van der Waals surface area contributed by atoms with Gasteiger partial charge in [0.25, 0.3) is 0 Å². The lowest BCUT2D eigenvalue weighted by molar-refractivity contribution is 0.795. The van der Waals surface area contributed by atoms with E-state index in [0.717, 1.165) is 16.6 Å². The van der Waals surface area contributed by atoms with Crippen LogP contribution in [0.3, 0.4) is 0 Å². The number of halogens is 1. The highest BCUT2D eigenvalue weighted by atomic mass is 79.9. The first-order valence-electron chi connectivity index (χ1n) is 8.50. The van der Waals surface area contributed by atoms with Gasteiger partial charge in [-0.2, -0.15) is 0 Å². The van der Waals surface area contributed by atoms with Gasteiger partial charge in [-0.3, -0.25) is 0 Å². The summed E-state index contributed by atoms with van der Waals surface area (Å²) in [6, 6.07) is 12.1. The molecule has 2 aromatic heterocycles. The Morgan fingerprint density at radius 3 is 2.35 bits per heavy atom. The molecule has 0 aliphatic carbocycles. The molecule has 0 radical (unpaired) electrons. The van der Waals surface area contributed by atoms with Crippen LogP contribution < -0.4 is 16.4 Å². The molecule has 134 valence electrons. The Hall–Kier alpha value is -2.67. The zero-order valence-electron chi connectivity index (χ0n) is 14.5. The Kier molecular flexibility index (Phi) is 6.01. The average Bonchev–Trinajstić information content (AvgIpc) is 2.66. The summed E-state index contributed by atoms with van der Waals surface area (Å²) < 4.78 is 0.906. The van der Waals surface area contributed by atoms with Crippen LogP contribution in [-0.4, -0.2) is 15.0 Å². The maximum Gasteiger partial charge on any atom is 0.160 e. The Balaban J connectivity index is 1.73. The van der Waals surface area contributed by atoms with Gasteiger partial charge in [0.05, 0.1) is 0 Å². The SMILES string of the molecule is CCCCc1ccc(Nc2ncnc(Nc3ccc(Br)cn3)c2N)cc1. The summed E-state index contributed by atoms with van der Waals surface area (Å²) in [5, 5.41) is 6.36. The summed E-state index contributed by atoms with van der Waals surface area (Å²) in [7, 11) is 0. The Labute approximate surface area is 161 Å². The molecule has 0 atom stereocenters. The van der Waals surface area contributed by atoms with E-state index in [1.165, 1.54) is 24.7 Å². The molecule has 6 nitrogen and oxygen atoms in total. The minimum Gasteiger partial charge on any atom is -0.393 e. The normalized spacial score (nSPS) is 10.5. The predicted molar refractivity (Wildman–Crippen MR) is 110 cm³/mol. The van der Waals surface area contributed by atoms with Gasteiger partial charge < -0.3 is 16.4 Å². The third-order valence-electron chi connectivity index (χ3n) is 3.89. The van der Waals surface area contributed by atoms with Gasteiger partial charge in [0.15, 0.2) is 11.6 Å². The van der Waals surface area contributed by atoms with Gasteiger partial charge in [-0.25, -0.2) is 15.0 Å².